The largest absolute Gasteiger partial charge is 0.0998 e. The Morgan fingerprint density at radius 1 is 0.611 bits per heavy atom. The molecule has 2 atom stereocenters. The maximum absolute atomic E-state index is 4.11. The summed E-state index contributed by atoms with van der Waals surface area (Å²) in [4.78, 5) is 0. The zero-order chi connectivity index (χ0) is 12.1. The van der Waals surface area contributed by atoms with Crippen molar-refractivity contribution >= 4 is 0 Å². The Balaban J connectivity index is 1.24. The highest BCUT2D eigenvalue weighted by Crippen LogP contribution is 2.55. The molecule has 0 radical (unpaired) electrons. The van der Waals surface area contributed by atoms with Crippen LogP contribution in [0.3, 0.4) is 0 Å². The van der Waals surface area contributed by atoms with Crippen LogP contribution in [-0.2, 0) is 0 Å². The van der Waals surface area contributed by atoms with Crippen LogP contribution in [0.1, 0.15) is 64.2 Å². The van der Waals surface area contributed by atoms with Crippen LogP contribution >= 0.6 is 0 Å². The summed E-state index contributed by atoms with van der Waals surface area (Å²) < 4.78 is 0. The molecule has 0 heterocycles. The van der Waals surface area contributed by atoms with E-state index in [4.69, 9.17) is 0 Å². The topological polar surface area (TPSA) is 0 Å². The number of rotatable bonds is 3. The van der Waals surface area contributed by atoms with Gasteiger partial charge < -0.3 is 0 Å². The van der Waals surface area contributed by atoms with Gasteiger partial charge in [0.1, 0.15) is 0 Å². The first-order chi connectivity index (χ1) is 8.79. The van der Waals surface area contributed by atoms with Crippen molar-refractivity contribution in [2.45, 2.75) is 64.2 Å². The lowest BCUT2D eigenvalue weighted by Gasteiger charge is -2.47. The molecule has 0 bridgehead atoms. The highest BCUT2D eigenvalue weighted by Gasteiger charge is 2.44. The van der Waals surface area contributed by atoms with Gasteiger partial charge in [-0.05, 0) is 80.5 Å². The van der Waals surface area contributed by atoms with Gasteiger partial charge in [0, 0.05) is 0 Å². The monoisotopic (exact) mass is 244 g/mol. The molecule has 18 heavy (non-hydrogen) atoms. The minimum atomic E-state index is 1.05. The molecule has 0 aromatic heterocycles. The van der Waals surface area contributed by atoms with E-state index in [0.29, 0.717) is 0 Å². The van der Waals surface area contributed by atoms with Crippen LogP contribution in [0.5, 0.6) is 0 Å². The van der Waals surface area contributed by atoms with Crippen molar-refractivity contribution in [3.8, 4) is 0 Å². The number of allylic oxidation sites excluding steroid dienone is 1. The molecular weight excluding hydrogens is 216 g/mol. The zero-order valence-electron chi connectivity index (χ0n) is 11.7. The molecule has 0 spiro atoms. The molecule has 0 aliphatic heterocycles. The first kappa shape index (κ1) is 11.6. The van der Waals surface area contributed by atoms with E-state index < -0.39 is 0 Å². The highest BCUT2D eigenvalue weighted by atomic mass is 14.5. The van der Waals surface area contributed by atoms with Gasteiger partial charge >= 0.3 is 0 Å². The lowest BCUT2D eigenvalue weighted by Crippen LogP contribution is -2.36. The Morgan fingerprint density at radius 3 is 1.72 bits per heavy atom. The predicted octanol–water partition coefficient (Wildman–Crippen LogP) is 5.20. The van der Waals surface area contributed by atoms with Gasteiger partial charge in [-0.3, -0.25) is 0 Å². The van der Waals surface area contributed by atoms with Gasteiger partial charge in [-0.1, -0.05) is 31.4 Å². The van der Waals surface area contributed by atoms with E-state index in [1.54, 1.807) is 44.9 Å². The minimum absolute atomic E-state index is 1.05. The summed E-state index contributed by atoms with van der Waals surface area (Å²) in [6.45, 7) is 4.11. The standard InChI is InChI=1S/C18H28/c1-12-7-16(8-12)14-5-6-15(9-14)18-10-17(11-18)13-3-2-4-13/h13-18H,1-11H2. The Bertz CT molecular complexity index is 324. The van der Waals surface area contributed by atoms with Crippen LogP contribution in [0, 0.1) is 35.5 Å². The summed E-state index contributed by atoms with van der Waals surface area (Å²) in [7, 11) is 0. The Labute approximate surface area is 112 Å². The van der Waals surface area contributed by atoms with E-state index in [-0.39, 0.29) is 0 Å². The third-order valence-corrected chi connectivity index (χ3v) is 6.98. The van der Waals surface area contributed by atoms with E-state index in [2.05, 4.69) is 6.58 Å². The first-order valence-electron chi connectivity index (χ1n) is 8.46. The summed E-state index contributed by atoms with van der Waals surface area (Å²) in [5, 5.41) is 0. The van der Waals surface area contributed by atoms with E-state index >= 15 is 0 Å². The van der Waals surface area contributed by atoms with Gasteiger partial charge in [0.2, 0.25) is 0 Å². The van der Waals surface area contributed by atoms with E-state index in [0.717, 1.165) is 35.5 Å². The van der Waals surface area contributed by atoms with Crippen molar-refractivity contribution < 1.29 is 0 Å². The van der Waals surface area contributed by atoms with Crippen molar-refractivity contribution in [1.82, 2.24) is 0 Å². The molecule has 4 fully saturated rings. The van der Waals surface area contributed by atoms with Crippen molar-refractivity contribution in [3.05, 3.63) is 12.2 Å². The molecule has 0 amide bonds. The summed E-state index contributed by atoms with van der Waals surface area (Å²) in [5.74, 6) is 6.72. The van der Waals surface area contributed by atoms with E-state index in [1.807, 2.05) is 0 Å². The van der Waals surface area contributed by atoms with Crippen LogP contribution < -0.4 is 0 Å². The minimum Gasteiger partial charge on any atom is -0.0998 e. The molecule has 100 valence electrons. The predicted molar refractivity (Wildman–Crippen MR) is 76.3 cm³/mol. The van der Waals surface area contributed by atoms with Crippen molar-refractivity contribution in [2.75, 3.05) is 0 Å². The molecule has 0 aromatic carbocycles. The molecule has 2 unspecified atom stereocenters. The van der Waals surface area contributed by atoms with Gasteiger partial charge in [0.25, 0.3) is 0 Å². The first-order valence-corrected chi connectivity index (χ1v) is 8.46. The van der Waals surface area contributed by atoms with Crippen LogP contribution in [0.25, 0.3) is 0 Å². The molecule has 0 nitrogen and oxygen atoms in total. The van der Waals surface area contributed by atoms with Crippen LogP contribution in [-0.4, -0.2) is 0 Å². The highest BCUT2D eigenvalue weighted by molar-refractivity contribution is 5.10. The number of hydrogen-bond donors (Lipinski definition) is 0. The molecule has 4 saturated carbocycles. The molecule has 4 rings (SSSR count). The average molecular weight is 244 g/mol. The Morgan fingerprint density at radius 2 is 1.17 bits per heavy atom. The van der Waals surface area contributed by atoms with Crippen molar-refractivity contribution in [3.63, 3.8) is 0 Å². The van der Waals surface area contributed by atoms with E-state index in [9.17, 15) is 0 Å². The maximum atomic E-state index is 4.11. The van der Waals surface area contributed by atoms with Gasteiger partial charge in [-0.2, -0.15) is 0 Å². The maximum Gasteiger partial charge on any atom is -0.0289 e. The Kier molecular flexibility index (Phi) is 2.82. The quantitative estimate of drug-likeness (QED) is 0.599. The third kappa shape index (κ3) is 1.87. The molecule has 0 N–H and O–H groups in total. The van der Waals surface area contributed by atoms with Crippen LogP contribution in [0.15, 0.2) is 12.2 Å². The molecule has 0 saturated heterocycles. The summed E-state index contributed by atoms with van der Waals surface area (Å²) in [6, 6.07) is 0. The average Bonchev–Trinajstić information content (AvgIpc) is 2.63. The second kappa shape index (κ2) is 4.39. The fourth-order valence-corrected chi connectivity index (χ4v) is 5.31. The second-order valence-corrected chi connectivity index (χ2v) is 7.93. The summed E-state index contributed by atoms with van der Waals surface area (Å²) >= 11 is 0. The van der Waals surface area contributed by atoms with Gasteiger partial charge in [0.05, 0.1) is 0 Å². The third-order valence-electron chi connectivity index (χ3n) is 6.98. The normalized spacial score (nSPS) is 45.4. The van der Waals surface area contributed by atoms with Crippen molar-refractivity contribution in [1.29, 1.82) is 0 Å². The van der Waals surface area contributed by atoms with Crippen LogP contribution in [0.2, 0.25) is 0 Å². The van der Waals surface area contributed by atoms with E-state index in [1.165, 1.54) is 24.8 Å². The zero-order valence-corrected chi connectivity index (χ0v) is 11.7. The second-order valence-electron chi connectivity index (χ2n) is 7.93. The molecule has 0 aromatic rings. The van der Waals surface area contributed by atoms with Crippen LogP contribution in [0.4, 0.5) is 0 Å². The fourth-order valence-electron chi connectivity index (χ4n) is 5.31. The lowest BCUT2D eigenvalue weighted by atomic mass is 9.59. The summed E-state index contributed by atoms with van der Waals surface area (Å²) in [6.07, 6.45) is 15.3. The summed E-state index contributed by atoms with van der Waals surface area (Å²) in [5.41, 5.74) is 1.53. The SMILES string of the molecule is C=C1CC(C2CCC(C3CC(C4CCC4)C3)C2)C1. The Hall–Kier alpha value is -0.260. The number of hydrogen-bond acceptors (Lipinski definition) is 0. The van der Waals surface area contributed by atoms with Crippen molar-refractivity contribution in [2.24, 2.45) is 35.5 Å². The fraction of sp³-hybridized carbons (Fsp3) is 0.889. The molecular formula is C18H28. The van der Waals surface area contributed by atoms with Gasteiger partial charge in [0.15, 0.2) is 0 Å². The lowest BCUT2D eigenvalue weighted by molar-refractivity contribution is 0.0398. The molecule has 4 aliphatic carbocycles. The smallest absolute Gasteiger partial charge is 0.0289 e. The molecule has 0 heteroatoms. The molecule has 4 aliphatic rings. The van der Waals surface area contributed by atoms with Gasteiger partial charge in [-0.15, -0.1) is 0 Å². The van der Waals surface area contributed by atoms with Gasteiger partial charge in [-0.25, -0.2) is 0 Å².